The van der Waals surface area contributed by atoms with Crippen LogP contribution < -0.4 is 10.6 Å². The standard InChI is InChI=1S/C26H37N5O2S/c1-18(2)11-14-27-24(32)22-17-28-26(34-22)30-23-10-6-9-21(29-23)19-12-15-31(16-13-19)25(33)20-7-4-3-5-8-20/h6,9-10,17-20H,3-5,7-8,11-16H2,1-2H3,(H,27,32)(H,28,29,30). The minimum absolute atomic E-state index is 0.0811. The van der Waals surface area contributed by atoms with Gasteiger partial charge in [-0.1, -0.05) is 50.5 Å². The monoisotopic (exact) mass is 483 g/mol. The second kappa shape index (κ2) is 11.8. The number of likely N-dealkylation sites (tertiary alicyclic amines) is 1. The maximum atomic E-state index is 12.9. The summed E-state index contributed by atoms with van der Waals surface area (Å²) in [6, 6.07) is 6.01. The summed E-state index contributed by atoms with van der Waals surface area (Å²) >= 11 is 1.33. The van der Waals surface area contributed by atoms with Crippen molar-refractivity contribution in [2.75, 3.05) is 25.0 Å². The molecule has 4 rings (SSSR count). The van der Waals surface area contributed by atoms with Crippen LogP contribution >= 0.6 is 11.3 Å². The van der Waals surface area contributed by atoms with Crippen LogP contribution in [0.4, 0.5) is 10.9 Å². The lowest BCUT2D eigenvalue weighted by Gasteiger charge is -2.35. The number of piperidine rings is 1. The maximum absolute atomic E-state index is 12.9. The van der Waals surface area contributed by atoms with Gasteiger partial charge in [-0.2, -0.15) is 0 Å². The van der Waals surface area contributed by atoms with Gasteiger partial charge in [0, 0.05) is 37.2 Å². The predicted molar refractivity (Wildman–Crippen MR) is 137 cm³/mol. The Morgan fingerprint density at radius 1 is 1.12 bits per heavy atom. The van der Waals surface area contributed by atoms with Crippen molar-refractivity contribution in [2.24, 2.45) is 11.8 Å². The minimum atomic E-state index is -0.0811. The first kappa shape index (κ1) is 24.6. The summed E-state index contributed by atoms with van der Waals surface area (Å²) in [6.07, 6.45) is 10.3. The van der Waals surface area contributed by atoms with E-state index in [9.17, 15) is 9.59 Å². The molecule has 7 nitrogen and oxygen atoms in total. The highest BCUT2D eigenvalue weighted by atomic mass is 32.1. The third-order valence-electron chi connectivity index (χ3n) is 6.92. The van der Waals surface area contributed by atoms with Crippen LogP contribution in [-0.2, 0) is 4.79 Å². The molecule has 2 amide bonds. The molecule has 34 heavy (non-hydrogen) atoms. The van der Waals surface area contributed by atoms with E-state index in [2.05, 4.69) is 40.4 Å². The smallest absolute Gasteiger partial charge is 0.263 e. The van der Waals surface area contributed by atoms with Gasteiger partial charge in [-0.3, -0.25) is 9.59 Å². The quantitative estimate of drug-likeness (QED) is 0.529. The average molecular weight is 484 g/mol. The number of nitrogens with one attached hydrogen (secondary N) is 2. The largest absolute Gasteiger partial charge is 0.351 e. The molecule has 2 aromatic rings. The second-order valence-corrected chi connectivity index (χ2v) is 11.0. The SMILES string of the molecule is CC(C)CCNC(=O)c1cnc(Nc2cccc(C3CCN(C(=O)C4CCCCC4)CC3)n2)s1. The van der Waals surface area contributed by atoms with E-state index in [1.807, 2.05) is 12.1 Å². The molecule has 0 unspecified atom stereocenters. The summed E-state index contributed by atoms with van der Waals surface area (Å²) in [5, 5.41) is 6.87. The lowest BCUT2D eigenvalue weighted by Crippen LogP contribution is -2.42. The molecule has 1 aliphatic heterocycles. The number of hydrogen-bond acceptors (Lipinski definition) is 6. The van der Waals surface area contributed by atoms with Gasteiger partial charge in [0.2, 0.25) is 5.91 Å². The molecule has 0 aromatic carbocycles. The van der Waals surface area contributed by atoms with Crippen LogP contribution in [0.2, 0.25) is 0 Å². The molecule has 2 N–H and O–H groups in total. The molecule has 3 heterocycles. The van der Waals surface area contributed by atoms with Gasteiger partial charge < -0.3 is 15.5 Å². The van der Waals surface area contributed by atoms with Gasteiger partial charge in [0.05, 0.1) is 6.20 Å². The first-order chi connectivity index (χ1) is 16.5. The molecule has 1 saturated carbocycles. The molecule has 2 fully saturated rings. The van der Waals surface area contributed by atoms with Crippen molar-refractivity contribution in [3.05, 3.63) is 35.0 Å². The fourth-order valence-electron chi connectivity index (χ4n) is 4.86. The van der Waals surface area contributed by atoms with Crippen molar-refractivity contribution in [3.8, 4) is 0 Å². The zero-order chi connectivity index (χ0) is 23.9. The third-order valence-corrected chi connectivity index (χ3v) is 7.83. The van der Waals surface area contributed by atoms with Gasteiger partial charge in [0.1, 0.15) is 10.7 Å². The van der Waals surface area contributed by atoms with Crippen LogP contribution in [0, 0.1) is 11.8 Å². The van der Waals surface area contributed by atoms with Crippen LogP contribution in [0.1, 0.15) is 86.5 Å². The summed E-state index contributed by atoms with van der Waals surface area (Å²) in [6.45, 7) is 6.60. The van der Waals surface area contributed by atoms with E-state index in [1.54, 1.807) is 6.20 Å². The van der Waals surface area contributed by atoms with E-state index >= 15 is 0 Å². The van der Waals surface area contributed by atoms with Crippen molar-refractivity contribution in [3.63, 3.8) is 0 Å². The third kappa shape index (κ3) is 6.56. The number of carbonyl (C=O) groups is 2. The van der Waals surface area contributed by atoms with Crippen molar-refractivity contribution >= 4 is 34.1 Å². The Morgan fingerprint density at radius 3 is 2.62 bits per heavy atom. The Bertz CT molecular complexity index is 962. The molecule has 0 atom stereocenters. The number of aromatic nitrogens is 2. The zero-order valence-electron chi connectivity index (χ0n) is 20.4. The van der Waals surface area contributed by atoms with Crippen LogP contribution in [0.5, 0.6) is 0 Å². The first-order valence-corrected chi connectivity index (χ1v) is 13.6. The van der Waals surface area contributed by atoms with Crippen molar-refractivity contribution in [2.45, 2.75) is 71.1 Å². The molecule has 1 aliphatic carbocycles. The number of carbonyl (C=O) groups excluding carboxylic acids is 2. The highest BCUT2D eigenvalue weighted by molar-refractivity contribution is 7.17. The first-order valence-electron chi connectivity index (χ1n) is 12.8. The minimum Gasteiger partial charge on any atom is -0.351 e. The van der Waals surface area contributed by atoms with Gasteiger partial charge in [-0.25, -0.2) is 9.97 Å². The van der Waals surface area contributed by atoms with Gasteiger partial charge in [-0.15, -0.1) is 0 Å². The fraction of sp³-hybridized carbons (Fsp3) is 0.615. The Morgan fingerprint density at radius 2 is 1.88 bits per heavy atom. The summed E-state index contributed by atoms with van der Waals surface area (Å²) in [5.41, 5.74) is 1.05. The molecule has 1 saturated heterocycles. The van der Waals surface area contributed by atoms with Crippen molar-refractivity contribution in [1.29, 1.82) is 0 Å². The number of pyridine rings is 1. The van der Waals surface area contributed by atoms with E-state index in [0.717, 1.165) is 56.7 Å². The maximum Gasteiger partial charge on any atom is 0.263 e. The van der Waals surface area contributed by atoms with Gasteiger partial charge in [0.15, 0.2) is 5.13 Å². The number of anilines is 2. The van der Waals surface area contributed by atoms with Gasteiger partial charge in [-0.05, 0) is 50.2 Å². The topological polar surface area (TPSA) is 87.2 Å². The summed E-state index contributed by atoms with van der Waals surface area (Å²) in [7, 11) is 0. The normalized spacial score (nSPS) is 17.7. The Hall–Kier alpha value is -2.48. The number of amides is 2. The number of nitrogens with zero attached hydrogens (tertiary/aromatic N) is 3. The zero-order valence-corrected chi connectivity index (χ0v) is 21.2. The Balaban J connectivity index is 1.29. The van der Waals surface area contributed by atoms with Crippen LogP contribution in [0.15, 0.2) is 24.4 Å². The summed E-state index contributed by atoms with van der Waals surface area (Å²) in [4.78, 5) is 37.0. The summed E-state index contributed by atoms with van der Waals surface area (Å²) < 4.78 is 0. The van der Waals surface area contributed by atoms with E-state index in [-0.39, 0.29) is 11.8 Å². The van der Waals surface area contributed by atoms with E-state index in [4.69, 9.17) is 4.98 Å². The summed E-state index contributed by atoms with van der Waals surface area (Å²) in [5.74, 6) is 2.19. The van der Waals surface area contributed by atoms with Crippen LogP contribution in [0.3, 0.4) is 0 Å². The molecule has 0 spiro atoms. The second-order valence-electron chi connectivity index (χ2n) is 9.98. The average Bonchev–Trinajstić information content (AvgIpc) is 3.33. The molecule has 184 valence electrons. The lowest BCUT2D eigenvalue weighted by atomic mass is 9.86. The fourth-order valence-corrected chi connectivity index (χ4v) is 5.60. The molecule has 2 aliphatic rings. The van der Waals surface area contributed by atoms with Crippen molar-refractivity contribution < 1.29 is 9.59 Å². The highest BCUT2D eigenvalue weighted by Gasteiger charge is 2.30. The Labute approximate surface area is 206 Å². The molecule has 8 heteroatoms. The molecule has 0 radical (unpaired) electrons. The van der Waals surface area contributed by atoms with Crippen LogP contribution in [-0.4, -0.2) is 46.3 Å². The number of rotatable bonds is 8. The Kier molecular flexibility index (Phi) is 8.53. The van der Waals surface area contributed by atoms with Crippen LogP contribution in [0.25, 0.3) is 0 Å². The molecular formula is C26H37N5O2S. The molecular weight excluding hydrogens is 446 g/mol. The molecule has 0 bridgehead atoms. The van der Waals surface area contributed by atoms with E-state index in [0.29, 0.717) is 34.3 Å². The van der Waals surface area contributed by atoms with E-state index in [1.165, 1.54) is 30.6 Å². The van der Waals surface area contributed by atoms with Gasteiger partial charge in [0.25, 0.3) is 5.91 Å². The number of thiazole rings is 1. The lowest BCUT2D eigenvalue weighted by molar-refractivity contribution is -0.137. The highest BCUT2D eigenvalue weighted by Crippen LogP contribution is 2.31. The predicted octanol–water partition coefficient (Wildman–Crippen LogP) is 5.34. The number of hydrogen-bond donors (Lipinski definition) is 2. The van der Waals surface area contributed by atoms with Crippen molar-refractivity contribution in [1.82, 2.24) is 20.2 Å². The molecule has 2 aromatic heterocycles. The van der Waals surface area contributed by atoms with E-state index < -0.39 is 0 Å². The van der Waals surface area contributed by atoms with Gasteiger partial charge >= 0.3 is 0 Å².